The molecule has 2 N–H and O–H groups in total. The van der Waals surface area contributed by atoms with Crippen molar-refractivity contribution in [2.75, 3.05) is 6.54 Å². The Hall–Kier alpha value is -1.35. The summed E-state index contributed by atoms with van der Waals surface area (Å²) in [5, 5.41) is 11.8. The molecule has 0 amide bonds. The van der Waals surface area contributed by atoms with Gasteiger partial charge in [0.25, 0.3) is 0 Å². The molecule has 1 atom stereocenters. The summed E-state index contributed by atoms with van der Waals surface area (Å²) in [6, 6.07) is 6.52. The SMILES string of the molecule is Cc1ccc(C)c(C(C)NCCC(=O)O)c1. The average Bonchev–Trinajstić information content (AvgIpc) is 2.21. The summed E-state index contributed by atoms with van der Waals surface area (Å²) in [4.78, 5) is 10.4. The lowest BCUT2D eigenvalue weighted by molar-refractivity contribution is -0.136. The highest BCUT2D eigenvalue weighted by molar-refractivity contribution is 5.66. The maximum Gasteiger partial charge on any atom is 0.304 e. The van der Waals surface area contributed by atoms with Crippen LogP contribution in [0.5, 0.6) is 0 Å². The summed E-state index contributed by atoms with van der Waals surface area (Å²) >= 11 is 0. The number of carboxylic acid groups (broad SMARTS) is 1. The van der Waals surface area contributed by atoms with Gasteiger partial charge in [0.2, 0.25) is 0 Å². The number of carbonyl (C=O) groups is 1. The van der Waals surface area contributed by atoms with Crippen molar-refractivity contribution in [3.63, 3.8) is 0 Å². The fraction of sp³-hybridized carbons (Fsp3) is 0.462. The summed E-state index contributed by atoms with van der Waals surface area (Å²) in [6.07, 6.45) is 0.162. The van der Waals surface area contributed by atoms with Crippen LogP contribution in [0.4, 0.5) is 0 Å². The Morgan fingerprint density at radius 2 is 2.12 bits per heavy atom. The summed E-state index contributed by atoms with van der Waals surface area (Å²) in [5.41, 5.74) is 3.71. The van der Waals surface area contributed by atoms with Gasteiger partial charge in [0.1, 0.15) is 0 Å². The lowest BCUT2D eigenvalue weighted by Gasteiger charge is -2.16. The van der Waals surface area contributed by atoms with Crippen molar-refractivity contribution in [3.8, 4) is 0 Å². The third kappa shape index (κ3) is 3.66. The number of nitrogens with one attached hydrogen (secondary N) is 1. The number of hydrogen-bond donors (Lipinski definition) is 2. The first kappa shape index (κ1) is 12.7. The van der Waals surface area contributed by atoms with E-state index in [1.165, 1.54) is 16.7 Å². The number of benzene rings is 1. The number of rotatable bonds is 5. The van der Waals surface area contributed by atoms with Crippen LogP contribution in [-0.4, -0.2) is 17.6 Å². The van der Waals surface area contributed by atoms with Crippen LogP contribution in [0.25, 0.3) is 0 Å². The summed E-state index contributed by atoms with van der Waals surface area (Å²) in [6.45, 7) is 6.70. The molecule has 0 saturated heterocycles. The maximum atomic E-state index is 10.4. The molecule has 0 aromatic heterocycles. The number of hydrogen-bond acceptors (Lipinski definition) is 2. The van der Waals surface area contributed by atoms with E-state index < -0.39 is 5.97 Å². The fourth-order valence-corrected chi connectivity index (χ4v) is 1.73. The highest BCUT2D eigenvalue weighted by Crippen LogP contribution is 2.18. The van der Waals surface area contributed by atoms with Crippen molar-refractivity contribution >= 4 is 5.97 Å². The van der Waals surface area contributed by atoms with Gasteiger partial charge in [-0.3, -0.25) is 4.79 Å². The third-order valence-electron chi connectivity index (χ3n) is 2.69. The Balaban J connectivity index is 2.61. The second-order valence-electron chi connectivity index (χ2n) is 4.18. The lowest BCUT2D eigenvalue weighted by atomic mass is 10.00. The van der Waals surface area contributed by atoms with Gasteiger partial charge in [-0.05, 0) is 31.9 Å². The van der Waals surface area contributed by atoms with Crippen LogP contribution in [0.1, 0.15) is 36.1 Å². The molecule has 0 spiro atoms. The van der Waals surface area contributed by atoms with E-state index >= 15 is 0 Å². The molecular weight excluding hydrogens is 202 g/mol. The summed E-state index contributed by atoms with van der Waals surface area (Å²) in [5.74, 6) is -0.763. The van der Waals surface area contributed by atoms with Gasteiger partial charge >= 0.3 is 5.97 Å². The van der Waals surface area contributed by atoms with Gasteiger partial charge in [0.05, 0.1) is 6.42 Å². The molecule has 0 bridgehead atoms. The van der Waals surface area contributed by atoms with Crippen molar-refractivity contribution in [1.29, 1.82) is 0 Å². The van der Waals surface area contributed by atoms with Crippen LogP contribution < -0.4 is 5.32 Å². The zero-order valence-corrected chi connectivity index (χ0v) is 10.1. The fourth-order valence-electron chi connectivity index (χ4n) is 1.73. The van der Waals surface area contributed by atoms with E-state index in [0.29, 0.717) is 6.54 Å². The van der Waals surface area contributed by atoms with Crippen molar-refractivity contribution in [3.05, 3.63) is 34.9 Å². The molecule has 1 aromatic carbocycles. The molecule has 0 saturated carbocycles. The van der Waals surface area contributed by atoms with E-state index in [4.69, 9.17) is 5.11 Å². The van der Waals surface area contributed by atoms with Crippen LogP contribution in [0, 0.1) is 13.8 Å². The normalized spacial score (nSPS) is 12.4. The molecule has 0 aliphatic carbocycles. The van der Waals surface area contributed by atoms with Gasteiger partial charge in [0, 0.05) is 12.6 Å². The average molecular weight is 221 g/mol. The Labute approximate surface area is 96.5 Å². The number of carboxylic acids is 1. The Morgan fingerprint density at radius 3 is 2.75 bits per heavy atom. The molecular formula is C13H19NO2. The molecule has 3 nitrogen and oxygen atoms in total. The number of aryl methyl sites for hydroxylation is 2. The highest BCUT2D eigenvalue weighted by Gasteiger charge is 2.08. The van der Waals surface area contributed by atoms with E-state index in [2.05, 4.69) is 44.3 Å². The largest absolute Gasteiger partial charge is 0.481 e. The quantitative estimate of drug-likeness (QED) is 0.802. The first-order valence-electron chi connectivity index (χ1n) is 5.53. The van der Waals surface area contributed by atoms with E-state index in [9.17, 15) is 4.79 Å². The van der Waals surface area contributed by atoms with Gasteiger partial charge in [0.15, 0.2) is 0 Å². The lowest BCUT2D eigenvalue weighted by Crippen LogP contribution is -2.22. The second-order valence-corrected chi connectivity index (χ2v) is 4.18. The van der Waals surface area contributed by atoms with Crippen molar-refractivity contribution in [2.24, 2.45) is 0 Å². The third-order valence-corrected chi connectivity index (χ3v) is 2.69. The van der Waals surface area contributed by atoms with E-state index in [0.717, 1.165) is 0 Å². The topological polar surface area (TPSA) is 49.3 Å². The second kappa shape index (κ2) is 5.66. The van der Waals surface area contributed by atoms with Crippen LogP contribution in [0.3, 0.4) is 0 Å². The molecule has 0 radical (unpaired) electrons. The maximum absolute atomic E-state index is 10.4. The summed E-state index contributed by atoms with van der Waals surface area (Å²) < 4.78 is 0. The van der Waals surface area contributed by atoms with Gasteiger partial charge in [-0.15, -0.1) is 0 Å². The molecule has 88 valence electrons. The minimum absolute atomic E-state index is 0.162. The zero-order chi connectivity index (χ0) is 12.1. The molecule has 0 heterocycles. The predicted octanol–water partition coefficient (Wildman–Crippen LogP) is 2.43. The molecule has 1 aromatic rings. The summed E-state index contributed by atoms with van der Waals surface area (Å²) in [7, 11) is 0. The molecule has 1 rings (SSSR count). The Kier molecular flexibility index (Phi) is 4.50. The minimum atomic E-state index is -0.763. The highest BCUT2D eigenvalue weighted by atomic mass is 16.4. The van der Waals surface area contributed by atoms with E-state index in [-0.39, 0.29) is 12.5 Å². The smallest absolute Gasteiger partial charge is 0.304 e. The standard InChI is InChI=1S/C13H19NO2/c1-9-4-5-10(2)12(8-9)11(3)14-7-6-13(15)16/h4-5,8,11,14H,6-7H2,1-3H3,(H,15,16). The first-order chi connectivity index (χ1) is 7.50. The van der Waals surface area contributed by atoms with Crippen molar-refractivity contribution in [1.82, 2.24) is 5.32 Å². The van der Waals surface area contributed by atoms with Crippen LogP contribution in [0.15, 0.2) is 18.2 Å². The monoisotopic (exact) mass is 221 g/mol. The van der Waals surface area contributed by atoms with E-state index in [1.807, 2.05) is 0 Å². The van der Waals surface area contributed by atoms with Gasteiger partial charge in [-0.1, -0.05) is 23.8 Å². The first-order valence-corrected chi connectivity index (χ1v) is 5.53. The molecule has 3 heteroatoms. The predicted molar refractivity (Wildman–Crippen MR) is 64.6 cm³/mol. The molecule has 16 heavy (non-hydrogen) atoms. The number of aliphatic carboxylic acids is 1. The van der Waals surface area contributed by atoms with Crippen LogP contribution in [0.2, 0.25) is 0 Å². The van der Waals surface area contributed by atoms with Crippen LogP contribution >= 0.6 is 0 Å². The molecule has 0 fully saturated rings. The van der Waals surface area contributed by atoms with Crippen LogP contribution in [-0.2, 0) is 4.79 Å². The van der Waals surface area contributed by atoms with Gasteiger partial charge < -0.3 is 10.4 Å². The zero-order valence-electron chi connectivity index (χ0n) is 10.1. The Morgan fingerprint density at radius 1 is 1.44 bits per heavy atom. The minimum Gasteiger partial charge on any atom is -0.481 e. The molecule has 1 unspecified atom stereocenters. The van der Waals surface area contributed by atoms with Gasteiger partial charge in [-0.25, -0.2) is 0 Å². The van der Waals surface area contributed by atoms with E-state index in [1.54, 1.807) is 0 Å². The molecule has 0 aliphatic heterocycles. The Bertz CT molecular complexity index is 374. The molecule has 0 aliphatic rings. The van der Waals surface area contributed by atoms with Crippen molar-refractivity contribution < 1.29 is 9.90 Å². The van der Waals surface area contributed by atoms with Gasteiger partial charge in [-0.2, -0.15) is 0 Å². The van der Waals surface area contributed by atoms with Crippen molar-refractivity contribution in [2.45, 2.75) is 33.2 Å².